The Kier molecular flexibility index (Phi) is 4.30. The summed E-state index contributed by atoms with van der Waals surface area (Å²) >= 11 is 0. The number of carbonyl (C=O) groups excluding carboxylic acids is 1. The van der Waals surface area contributed by atoms with E-state index in [-0.39, 0.29) is 16.2 Å². The second-order valence-electron chi connectivity index (χ2n) is 5.81. The lowest BCUT2D eigenvalue weighted by molar-refractivity contribution is 0.101. The summed E-state index contributed by atoms with van der Waals surface area (Å²) in [5.41, 5.74) is 0.170. The summed E-state index contributed by atoms with van der Waals surface area (Å²) in [6.07, 6.45) is 5.03. The number of hydrogen-bond donors (Lipinski definition) is 1. The number of carbonyl (C=O) groups is 1. The van der Waals surface area contributed by atoms with Crippen LogP contribution >= 0.6 is 0 Å². The first-order chi connectivity index (χ1) is 9.32. The van der Waals surface area contributed by atoms with E-state index in [1.165, 1.54) is 25.5 Å². The maximum absolute atomic E-state index is 12.4. The molecular weight excluding hydrogens is 274 g/mol. The number of hydrogen-bond acceptors (Lipinski definition) is 3. The highest BCUT2D eigenvalue weighted by atomic mass is 32.2. The first-order valence-corrected chi connectivity index (χ1v) is 8.46. The molecule has 20 heavy (non-hydrogen) atoms. The zero-order chi connectivity index (χ0) is 14.8. The lowest BCUT2D eigenvalue weighted by atomic mass is 9.84. The van der Waals surface area contributed by atoms with Crippen molar-refractivity contribution in [3.63, 3.8) is 0 Å². The predicted octanol–water partition coefficient (Wildman–Crippen LogP) is 2.89. The summed E-state index contributed by atoms with van der Waals surface area (Å²) in [5, 5.41) is 0. The fourth-order valence-corrected chi connectivity index (χ4v) is 4.15. The number of nitrogens with one attached hydrogen (secondary N) is 1. The molecule has 0 saturated heterocycles. The van der Waals surface area contributed by atoms with E-state index in [2.05, 4.69) is 4.72 Å². The first-order valence-electron chi connectivity index (χ1n) is 6.97. The highest BCUT2D eigenvalue weighted by Gasteiger charge is 2.31. The number of rotatable bonds is 4. The molecule has 1 aromatic rings. The van der Waals surface area contributed by atoms with Crippen LogP contribution in [0, 0.1) is 0 Å². The Morgan fingerprint density at radius 2 is 1.65 bits per heavy atom. The van der Waals surface area contributed by atoms with Gasteiger partial charge in [-0.3, -0.25) is 4.79 Å². The molecule has 0 unspecified atom stereocenters. The largest absolute Gasteiger partial charge is 0.295 e. The van der Waals surface area contributed by atoms with Crippen molar-refractivity contribution in [3.05, 3.63) is 29.8 Å². The van der Waals surface area contributed by atoms with E-state index >= 15 is 0 Å². The molecule has 5 heteroatoms. The van der Waals surface area contributed by atoms with E-state index in [0.717, 1.165) is 25.7 Å². The first kappa shape index (κ1) is 15.2. The minimum absolute atomic E-state index is 0.0684. The fourth-order valence-electron chi connectivity index (χ4n) is 2.69. The average Bonchev–Trinajstić information content (AvgIpc) is 2.38. The lowest BCUT2D eigenvalue weighted by Crippen LogP contribution is -2.47. The smallest absolute Gasteiger partial charge is 0.241 e. The van der Waals surface area contributed by atoms with E-state index in [1.807, 2.05) is 6.92 Å². The van der Waals surface area contributed by atoms with Crippen molar-refractivity contribution in [2.24, 2.45) is 0 Å². The Balaban J connectivity index is 2.19. The molecule has 0 aromatic heterocycles. The molecule has 0 aliphatic heterocycles. The van der Waals surface area contributed by atoms with Gasteiger partial charge in [-0.15, -0.1) is 0 Å². The van der Waals surface area contributed by atoms with E-state index in [9.17, 15) is 13.2 Å². The molecule has 1 N–H and O–H groups in total. The number of ketones is 1. The minimum atomic E-state index is -3.52. The van der Waals surface area contributed by atoms with Crippen molar-refractivity contribution in [2.45, 2.75) is 56.4 Å². The summed E-state index contributed by atoms with van der Waals surface area (Å²) in [4.78, 5) is 11.4. The van der Waals surface area contributed by atoms with Crippen LogP contribution in [-0.2, 0) is 10.0 Å². The molecule has 2 rings (SSSR count). The molecule has 1 fully saturated rings. The molecule has 0 spiro atoms. The molecule has 110 valence electrons. The zero-order valence-electron chi connectivity index (χ0n) is 12.0. The molecule has 0 heterocycles. The van der Waals surface area contributed by atoms with Crippen LogP contribution in [0.5, 0.6) is 0 Å². The summed E-state index contributed by atoms with van der Waals surface area (Å²) < 4.78 is 27.6. The Morgan fingerprint density at radius 3 is 2.15 bits per heavy atom. The Morgan fingerprint density at radius 1 is 1.10 bits per heavy atom. The molecule has 1 aliphatic carbocycles. The highest BCUT2D eigenvalue weighted by molar-refractivity contribution is 7.89. The summed E-state index contributed by atoms with van der Waals surface area (Å²) in [7, 11) is -3.52. The van der Waals surface area contributed by atoms with Gasteiger partial charge in [-0.1, -0.05) is 31.4 Å². The van der Waals surface area contributed by atoms with E-state index < -0.39 is 10.0 Å². The van der Waals surface area contributed by atoms with Crippen molar-refractivity contribution in [1.82, 2.24) is 4.72 Å². The molecule has 4 nitrogen and oxygen atoms in total. The molecule has 0 bridgehead atoms. The van der Waals surface area contributed by atoms with E-state index in [0.29, 0.717) is 5.56 Å². The van der Waals surface area contributed by atoms with E-state index in [4.69, 9.17) is 0 Å². The van der Waals surface area contributed by atoms with Crippen LogP contribution in [-0.4, -0.2) is 19.7 Å². The van der Waals surface area contributed by atoms with Gasteiger partial charge < -0.3 is 0 Å². The van der Waals surface area contributed by atoms with Crippen LogP contribution in [0.25, 0.3) is 0 Å². The maximum Gasteiger partial charge on any atom is 0.241 e. The third-order valence-electron chi connectivity index (χ3n) is 3.91. The van der Waals surface area contributed by atoms with Gasteiger partial charge in [0.05, 0.1) is 4.90 Å². The van der Waals surface area contributed by atoms with Crippen LogP contribution < -0.4 is 4.72 Å². The van der Waals surface area contributed by atoms with Gasteiger partial charge in [0.25, 0.3) is 0 Å². The Bertz CT molecular complexity index is 584. The van der Waals surface area contributed by atoms with Crippen molar-refractivity contribution < 1.29 is 13.2 Å². The molecular formula is C15H21NO3S. The van der Waals surface area contributed by atoms with Crippen LogP contribution in [0.4, 0.5) is 0 Å². The van der Waals surface area contributed by atoms with E-state index in [1.54, 1.807) is 12.1 Å². The van der Waals surface area contributed by atoms with Gasteiger partial charge in [-0.2, -0.15) is 0 Å². The molecule has 0 atom stereocenters. The standard InChI is InChI=1S/C15H21NO3S/c1-12(17)13-6-8-14(9-7-13)20(18,19)16-15(2)10-4-3-5-11-15/h6-9,16H,3-5,10-11H2,1-2H3. The third kappa shape index (κ3) is 3.46. The zero-order valence-corrected chi connectivity index (χ0v) is 12.8. The summed E-state index contributed by atoms with van der Waals surface area (Å²) in [6.45, 7) is 3.43. The van der Waals surface area contributed by atoms with Crippen LogP contribution in [0.1, 0.15) is 56.3 Å². The molecule has 1 aromatic carbocycles. The van der Waals surface area contributed by atoms with Gasteiger partial charge in [-0.25, -0.2) is 13.1 Å². The van der Waals surface area contributed by atoms with Crippen molar-refractivity contribution in [3.8, 4) is 0 Å². The van der Waals surface area contributed by atoms with Crippen LogP contribution in [0.15, 0.2) is 29.2 Å². The van der Waals surface area contributed by atoms with Gasteiger partial charge in [0, 0.05) is 11.1 Å². The number of Topliss-reactive ketones (excluding diaryl/α,β-unsaturated/α-hetero) is 1. The highest BCUT2D eigenvalue weighted by Crippen LogP contribution is 2.29. The van der Waals surface area contributed by atoms with Gasteiger partial charge in [-0.05, 0) is 38.8 Å². The second-order valence-corrected chi connectivity index (χ2v) is 7.49. The lowest BCUT2D eigenvalue weighted by Gasteiger charge is -2.34. The summed E-state index contributed by atoms with van der Waals surface area (Å²) in [5.74, 6) is -0.0684. The topological polar surface area (TPSA) is 63.2 Å². The van der Waals surface area contributed by atoms with Gasteiger partial charge in [0.15, 0.2) is 5.78 Å². The van der Waals surface area contributed by atoms with Crippen LogP contribution in [0.3, 0.4) is 0 Å². The quantitative estimate of drug-likeness (QED) is 0.869. The monoisotopic (exact) mass is 295 g/mol. The fraction of sp³-hybridized carbons (Fsp3) is 0.533. The van der Waals surface area contributed by atoms with Gasteiger partial charge in [0.2, 0.25) is 10.0 Å². The van der Waals surface area contributed by atoms with Crippen molar-refractivity contribution in [1.29, 1.82) is 0 Å². The van der Waals surface area contributed by atoms with Crippen molar-refractivity contribution in [2.75, 3.05) is 0 Å². The second kappa shape index (κ2) is 5.66. The molecule has 1 saturated carbocycles. The Hall–Kier alpha value is -1.20. The minimum Gasteiger partial charge on any atom is -0.295 e. The molecule has 0 radical (unpaired) electrons. The van der Waals surface area contributed by atoms with Gasteiger partial charge >= 0.3 is 0 Å². The number of sulfonamides is 1. The molecule has 1 aliphatic rings. The third-order valence-corrected chi connectivity index (χ3v) is 5.56. The predicted molar refractivity (Wildman–Crippen MR) is 78.3 cm³/mol. The summed E-state index contributed by atoms with van der Waals surface area (Å²) in [6, 6.07) is 6.09. The number of benzene rings is 1. The normalized spacial score (nSPS) is 18.7. The van der Waals surface area contributed by atoms with Crippen LogP contribution in [0.2, 0.25) is 0 Å². The van der Waals surface area contributed by atoms with Gasteiger partial charge in [0.1, 0.15) is 0 Å². The SMILES string of the molecule is CC(=O)c1ccc(S(=O)(=O)NC2(C)CCCCC2)cc1. The van der Waals surface area contributed by atoms with Crippen molar-refractivity contribution >= 4 is 15.8 Å². The maximum atomic E-state index is 12.4. The molecule has 0 amide bonds. The average molecular weight is 295 g/mol. The Labute approximate surface area is 120 Å².